The molecule has 0 aromatic heterocycles. The molecule has 13 heteroatoms. The van der Waals surface area contributed by atoms with Gasteiger partial charge < -0.3 is 45.1 Å². The van der Waals surface area contributed by atoms with Crippen molar-refractivity contribution in [2.45, 2.75) is 129 Å². The van der Waals surface area contributed by atoms with Crippen LogP contribution in [0.4, 0.5) is 21.0 Å². The molecular weight excluding hydrogens is 763 g/mol. The molecule has 3 fully saturated rings. The van der Waals surface area contributed by atoms with Crippen LogP contribution in [-0.4, -0.2) is 78.8 Å². The van der Waals surface area contributed by atoms with Gasteiger partial charge in [-0.15, -0.1) is 0 Å². The zero-order valence-electron chi connectivity index (χ0n) is 36.6. The SMILES string of the molecule is COc1cc(C2(C(N)=O)CCCCC2)ccc1C.COc1cc(NC(=O)C2CCC(N3Cc4c(C)ccc(OC5CN(C(=O)OC(C)(C)C)C5)c4NC3=O)CC2)ccc1C. The Labute approximate surface area is 354 Å². The quantitative estimate of drug-likeness (QED) is 0.193. The zero-order valence-corrected chi connectivity index (χ0v) is 36.6. The normalized spacial score (nSPS) is 20.0. The van der Waals surface area contributed by atoms with Gasteiger partial charge in [0.25, 0.3) is 0 Å². The van der Waals surface area contributed by atoms with Gasteiger partial charge in [0.2, 0.25) is 11.8 Å². The van der Waals surface area contributed by atoms with E-state index in [0.717, 1.165) is 83.5 Å². The number of nitrogens with two attached hydrogens (primary N) is 1. The number of rotatable bonds is 9. The summed E-state index contributed by atoms with van der Waals surface area (Å²) in [5, 5.41) is 6.12. The third kappa shape index (κ3) is 9.93. The number of carbonyl (C=O) groups excluding carboxylic acids is 4. The van der Waals surface area contributed by atoms with Crippen LogP contribution in [0, 0.1) is 26.7 Å². The summed E-state index contributed by atoms with van der Waals surface area (Å²) in [6.07, 6.45) is 7.48. The summed E-state index contributed by atoms with van der Waals surface area (Å²) in [5.74, 6) is 1.90. The van der Waals surface area contributed by atoms with Crippen LogP contribution in [-0.2, 0) is 26.3 Å². The Morgan fingerprint density at radius 3 is 2.05 bits per heavy atom. The highest BCUT2D eigenvalue weighted by Gasteiger charge is 2.41. The molecule has 0 bridgehead atoms. The van der Waals surface area contributed by atoms with Gasteiger partial charge in [-0.3, -0.25) is 9.59 Å². The highest BCUT2D eigenvalue weighted by Crippen LogP contribution is 2.42. The lowest BCUT2D eigenvalue weighted by atomic mass is 9.69. The second-order valence-corrected chi connectivity index (χ2v) is 17.8. The van der Waals surface area contributed by atoms with E-state index in [1.54, 1.807) is 19.1 Å². The molecule has 324 valence electrons. The summed E-state index contributed by atoms with van der Waals surface area (Å²) < 4.78 is 22.4. The first-order valence-electron chi connectivity index (χ1n) is 21.3. The molecule has 3 aromatic carbocycles. The van der Waals surface area contributed by atoms with Crippen molar-refractivity contribution in [3.8, 4) is 17.2 Å². The van der Waals surface area contributed by atoms with Crippen LogP contribution in [0.5, 0.6) is 17.2 Å². The molecule has 3 aromatic rings. The number of anilines is 2. The summed E-state index contributed by atoms with van der Waals surface area (Å²) in [7, 11) is 3.28. The van der Waals surface area contributed by atoms with E-state index in [2.05, 4.69) is 10.6 Å². The average Bonchev–Trinajstić information content (AvgIpc) is 3.20. The maximum Gasteiger partial charge on any atom is 0.410 e. The van der Waals surface area contributed by atoms with Crippen molar-refractivity contribution < 1.29 is 38.1 Å². The van der Waals surface area contributed by atoms with E-state index >= 15 is 0 Å². The number of urea groups is 1. The summed E-state index contributed by atoms with van der Waals surface area (Å²) in [6.45, 7) is 12.9. The van der Waals surface area contributed by atoms with E-state index < -0.39 is 11.0 Å². The fourth-order valence-electron chi connectivity index (χ4n) is 8.80. The molecule has 1 saturated heterocycles. The highest BCUT2D eigenvalue weighted by atomic mass is 16.6. The molecule has 13 nitrogen and oxygen atoms in total. The molecule has 5 amide bonds. The first-order chi connectivity index (χ1) is 28.5. The second kappa shape index (κ2) is 18.4. The van der Waals surface area contributed by atoms with Crippen molar-refractivity contribution in [2.75, 3.05) is 37.9 Å². The number of hydrogen-bond acceptors (Lipinski definition) is 8. The first-order valence-corrected chi connectivity index (χ1v) is 21.3. The van der Waals surface area contributed by atoms with Crippen LogP contribution in [0.25, 0.3) is 0 Å². The average molecular weight is 826 g/mol. The summed E-state index contributed by atoms with van der Waals surface area (Å²) >= 11 is 0. The van der Waals surface area contributed by atoms with Gasteiger partial charge in [-0.25, -0.2) is 9.59 Å². The van der Waals surface area contributed by atoms with E-state index in [1.807, 2.05) is 95.0 Å². The number of likely N-dealkylation sites (tertiary alicyclic amines) is 1. The number of aryl methyl sites for hydroxylation is 3. The number of primary amides is 1. The second-order valence-electron chi connectivity index (χ2n) is 17.8. The zero-order chi connectivity index (χ0) is 43.4. The molecule has 2 heterocycles. The molecule has 2 aliphatic heterocycles. The number of carbonyl (C=O) groups is 4. The van der Waals surface area contributed by atoms with E-state index in [9.17, 15) is 19.2 Å². The Balaban J connectivity index is 0.000000279. The monoisotopic (exact) mass is 825 g/mol. The fraction of sp³-hybridized carbons (Fsp3) is 0.532. The summed E-state index contributed by atoms with van der Waals surface area (Å²) in [5.41, 5.74) is 11.3. The number of nitrogens with one attached hydrogen (secondary N) is 2. The molecule has 7 rings (SSSR count). The van der Waals surface area contributed by atoms with Gasteiger partial charge in [0.15, 0.2) is 0 Å². The Morgan fingerprint density at radius 2 is 1.43 bits per heavy atom. The van der Waals surface area contributed by atoms with E-state index in [-0.39, 0.29) is 42.0 Å². The van der Waals surface area contributed by atoms with Gasteiger partial charge in [-0.05, 0) is 121 Å². The Kier molecular flexibility index (Phi) is 13.5. The largest absolute Gasteiger partial charge is 0.496 e. The van der Waals surface area contributed by atoms with Crippen molar-refractivity contribution in [2.24, 2.45) is 11.7 Å². The van der Waals surface area contributed by atoms with Crippen molar-refractivity contribution in [1.82, 2.24) is 9.80 Å². The van der Waals surface area contributed by atoms with Crippen LogP contribution in [0.1, 0.15) is 106 Å². The van der Waals surface area contributed by atoms with Gasteiger partial charge in [0, 0.05) is 29.3 Å². The number of fused-ring (bicyclic) bond motifs is 1. The fourth-order valence-corrected chi connectivity index (χ4v) is 8.80. The lowest BCUT2D eigenvalue weighted by Crippen LogP contribution is -2.57. The topological polar surface area (TPSA) is 162 Å². The molecule has 0 atom stereocenters. The maximum absolute atomic E-state index is 13.3. The lowest BCUT2D eigenvalue weighted by molar-refractivity contribution is -0.124. The van der Waals surface area contributed by atoms with Gasteiger partial charge >= 0.3 is 12.1 Å². The molecule has 60 heavy (non-hydrogen) atoms. The minimum atomic E-state index is -0.545. The number of ether oxygens (including phenoxy) is 4. The number of amides is 5. The van der Waals surface area contributed by atoms with Crippen LogP contribution < -0.4 is 30.6 Å². The standard InChI is InChI=1S/C32H42N4O6.C15H21NO2/c1-19-8-14-26(41-24-16-35(17-24)31(39)42-32(3,4)5)28-25(19)18-36(30(38)34-28)23-12-9-21(10-13-23)29(37)33-22-11-7-20(2)27(15-22)40-6;1-11-6-7-12(10-13(11)18-2)15(14(16)17)8-4-3-5-9-15/h7-8,11,14-15,21,23-24H,9-10,12-13,16-18H2,1-6H3,(H,33,37)(H,34,38);6-7,10H,3-5,8-9H2,1-2H3,(H2,16,17). The van der Waals surface area contributed by atoms with Gasteiger partial charge in [0.05, 0.1) is 45.0 Å². The number of hydrogen-bond donors (Lipinski definition) is 3. The van der Waals surface area contributed by atoms with E-state index in [4.69, 9.17) is 24.7 Å². The molecule has 4 aliphatic rings. The molecule has 0 radical (unpaired) electrons. The van der Waals surface area contributed by atoms with Gasteiger partial charge in [-0.2, -0.15) is 0 Å². The number of methoxy groups -OCH3 is 2. The summed E-state index contributed by atoms with van der Waals surface area (Å²) in [4.78, 5) is 54.0. The predicted molar refractivity (Wildman–Crippen MR) is 232 cm³/mol. The van der Waals surface area contributed by atoms with Gasteiger partial charge in [-0.1, -0.05) is 43.5 Å². The number of benzene rings is 3. The summed E-state index contributed by atoms with van der Waals surface area (Å²) in [6, 6.07) is 15.5. The van der Waals surface area contributed by atoms with Crippen LogP contribution in [0.2, 0.25) is 0 Å². The number of nitrogens with zero attached hydrogens (tertiary/aromatic N) is 2. The third-order valence-electron chi connectivity index (χ3n) is 12.4. The van der Waals surface area contributed by atoms with Crippen molar-refractivity contribution in [1.29, 1.82) is 0 Å². The molecular formula is C47H63N5O8. The highest BCUT2D eigenvalue weighted by molar-refractivity contribution is 5.95. The van der Waals surface area contributed by atoms with Crippen molar-refractivity contribution in [3.05, 3.63) is 76.3 Å². The first kappa shape index (κ1) is 44.1. The smallest absolute Gasteiger partial charge is 0.410 e. The van der Waals surface area contributed by atoms with E-state index in [1.165, 1.54) is 6.42 Å². The van der Waals surface area contributed by atoms with Crippen molar-refractivity contribution in [3.63, 3.8) is 0 Å². The van der Waals surface area contributed by atoms with Crippen LogP contribution in [0.3, 0.4) is 0 Å². The molecule has 0 unspecified atom stereocenters. The van der Waals surface area contributed by atoms with Gasteiger partial charge in [0.1, 0.15) is 29.0 Å². The Hall–Kier alpha value is -5.46. The Morgan fingerprint density at radius 1 is 0.817 bits per heavy atom. The molecule has 2 saturated carbocycles. The molecule has 0 spiro atoms. The molecule has 2 aliphatic carbocycles. The predicted octanol–water partition coefficient (Wildman–Crippen LogP) is 8.55. The minimum Gasteiger partial charge on any atom is -0.496 e. The van der Waals surface area contributed by atoms with Crippen LogP contribution in [0.15, 0.2) is 48.5 Å². The van der Waals surface area contributed by atoms with E-state index in [0.29, 0.717) is 43.9 Å². The lowest BCUT2D eigenvalue weighted by Gasteiger charge is -2.41. The third-order valence-corrected chi connectivity index (χ3v) is 12.4. The minimum absolute atomic E-state index is 0.00617. The van der Waals surface area contributed by atoms with Crippen molar-refractivity contribution >= 4 is 35.3 Å². The Bertz CT molecular complexity index is 2060. The van der Waals surface area contributed by atoms with Crippen LogP contribution >= 0.6 is 0 Å². The maximum atomic E-state index is 13.3. The molecule has 4 N–H and O–H groups in total.